The van der Waals surface area contributed by atoms with Crippen molar-refractivity contribution in [2.75, 3.05) is 26.2 Å². The third-order valence-electron chi connectivity index (χ3n) is 4.91. The topological polar surface area (TPSA) is 70.4 Å². The molecule has 2 heterocycles. The Morgan fingerprint density at radius 2 is 2.07 bits per heavy atom. The minimum Gasteiger partial charge on any atom is -0.439 e. The number of halogens is 4. The first-order valence-corrected chi connectivity index (χ1v) is 9.12. The van der Waals surface area contributed by atoms with Crippen molar-refractivity contribution in [2.24, 2.45) is 0 Å². The van der Waals surface area contributed by atoms with E-state index in [9.17, 15) is 22.4 Å². The zero-order valence-electron chi connectivity index (χ0n) is 16.0. The lowest BCUT2D eigenvalue weighted by Crippen LogP contribution is -2.61. The molecule has 0 radical (unpaired) electrons. The Labute approximate surface area is 165 Å². The lowest BCUT2D eigenvalue weighted by molar-refractivity contribution is -0.140. The quantitative estimate of drug-likeness (QED) is 0.737. The normalized spacial score (nSPS) is 18.6. The number of nitrogens with zero attached hydrogens (tertiary/aromatic N) is 2. The summed E-state index contributed by atoms with van der Waals surface area (Å²) in [6, 6.07) is 5.37. The second kappa shape index (κ2) is 8.11. The van der Waals surface area contributed by atoms with E-state index in [2.05, 4.69) is 10.3 Å². The fourth-order valence-corrected chi connectivity index (χ4v) is 3.22. The van der Waals surface area contributed by atoms with Gasteiger partial charge in [0.15, 0.2) is 5.76 Å². The summed E-state index contributed by atoms with van der Waals surface area (Å²) in [6.07, 6.45) is -3.03. The van der Waals surface area contributed by atoms with Crippen LogP contribution >= 0.6 is 0 Å². The van der Waals surface area contributed by atoms with E-state index in [1.165, 1.54) is 12.3 Å². The Kier molecular flexibility index (Phi) is 5.95. The summed E-state index contributed by atoms with van der Waals surface area (Å²) in [5.74, 6) is -0.549. The minimum absolute atomic E-state index is 0.175. The Balaban J connectivity index is 1.72. The molecule has 10 heteroatoms. The van der Waals surface area contributed by atoms with E-state index in [0.29, 0.717) is 19.0 Å². The van der Waals surface area contributed by atoms with E-state index in [-0.39, 0.29) is 17.9 Å². The molecule has 1 aliphatic heterocycles. The Hall–Kier alpha value is -2.46. The van der Waals surface area contributed by atoms with E-state index in [0.717, 1.165) is 0 Å². The second-order valence-electron chi connectivity index (χ2n) is 7.35. The fourth-order valence-electron chi connectivity index (χ4n) is 3.22. The van der Waals surface area contributed by atoms with Crippen LogP contribution in [0.3, 0.4) is 0 Å². The maximum absolute atomic E-state index is 14.0. The van der Waals surface area contributed by atoms with E-state index in [1.54, 1.807) is 18.2 Å². The molecule has 1 atom stereocenters. The van der Waals surface area contributed by atoms with Crippen molar-refractivity contribution in [3.05, 3.63) is 42.2 Å². The van der Waals surface area contributed by atoms with Crippen LogP contribution in [0.4, 0.5) is 17.6 Å². The summed E-state index contributed by atoms with van der Waals surface area (Å²) in [4.78, 5) is 18.3. The first-order chi connectivity index (χ1) is 13.6. The van der Waals surface area contributed by atoms with Crippen molar-refractivity contribution in [1.29, 1.82) is 0 Å². The number of piperazine rings is 1. The Morgan fingerprint density at radius 1 is 1.34 bits per heavy atom. The molecule has 158 valence electrons. The molecule has 6 nitrogen and oxygen atoms in total. The number of rotatable bonds is 5. The van der Waals surface area contributed by atoms with Crippen molar-refractivity contribution < 1.29 is 26.8 Å². The van der Waals surface area contributed by atoms with Crippen molar-refractivity contribution in [3.8, 4) is 11.3 Å². The molecule has 0 spiro atoms. The van der Waals surface area contributed by atoms with Gasteiger partial charge in [-0.25, -0.2) is 9.37 Å². The summed E-state index contributed by atoms with van der Waals surface area (Å²) in [6.45, 7) is 3.41. The molecular formula is C19H22F4N4O2. The van der Waals surface area contributed by atoms with Crippen LogP contribution in [0.2, 0.25) is 0 Å². The van der Waals surface area contributed by atoms with Gasteiger partial charge in [-0.1, -0.05) is 12.1 Å². The van der Waals surface area contributed by atoms with Crippen LogP contribution in [0, 0.1) is 5.82 Å². The maximum atomic E-state index is 14.0. The van der Waals surface area contributed by atoms with Gasteiger partial charge in [0, 0.05) is 19.6 Å². The number of benzene rings is 1. The molecule has 0 saturated carbocycles. The van der Waals surface area contributed by atoms with Crippen molar-refractivity contribution in [3.63, 3.8) is 0 Å². The number of hydrogen-bond acceptors (Lipinski definition) is 5. The standard InChI is InChI=1S/C19H22F4N4O2/c1-18(2,17-25-9-15(29-17)12-5-3-4-6-13(12)20)27-8-7-24-14(10-27)16(28)26-11-19(21,22)23/h3-6,9,14,24H,7-8,10-11H2,1-2H3,(H,26,28)/t14-/m0/s1. The van der Waals surface area contributed by atoms with E-state index in [4.69, 9.17) is 4.42 Å². The third kappa shape index (κ3) is 4.94. The summed E-state index contributed by atoms with van der Waals surface area (Å²) in [7, 11) is 0. The van der Waals surface area contributed by atoms with Gasteiger partial charge in [0.05, 0.1) is 23.3 Å². The van der Waals surface area contributed by atoms with E-state index in [1.807, 2.05) is 24.1 Å². The van der Waals surface area contributed by atoms with Gasteiger partial charge in [-0.15, -0.1) is 0 Å². The molecule has 1 aliphatic rings. The molecule has 0 unspecified atom stereocenters. The molecule has 0 aliphatic carbocycles. The van der Waals surface area contributed by atoms with Crippen LogP contribution in [-0.2, 0) is 10.3 Å². The van der Waals surface area contributed by atoms with Gasteiger partial charge in [0.1, 0.15) is 12.4 Å². The lowest BCUT2D eigenvalue weighted by Gasteiger charge is -2.41. The van der Waals surface area contributed by atoms with Gasteiger partial charge in [0.2, 0.25) is 11.8 Å². The number of amides is 1. The molecule has 1 saturated heterocycles. The average molecular weight is 414 g/mol. The molecule has 1 fully saturated rings. The van der Waals surface area contributed by atoms with Gasteiger partial charge in [-0.3, -0.25) is 9.69 Å². The molecule has 1 amide bonds. The predicted molar refractivity (Wildman–Crippen MR) is 97.4 cm³/mol. The number of nitrogens with one attached hydrogen (secondary N) is 2. The van der Waals surface area contributed by atoms with Crippen molar-refractivity contribution in [2.45, 2.75) is 31.6 Å². The molecule has 29 heavy (non-hydrogen) atoms. The monoisotopic (exact) mass is 414 g/mol. The minimum atomic E-state index is -4.47. The lowest BCUT2D eigenvalue weighted by atomic mass is 10.00. The molecule has 1 aromatic heterocycles. The fraction of sp³-hybridized carbons (Fsp3) is 0.474. The molecular weight excluding hydrogens is 392 g/mol. The highest BCUT2D eigenvalue weighted by Crippen LogP contribution is 2.32. The first kappa shape index (κ1) is 21.3. The zero-order chi connectivity index (χ0) is 21.2. The van der Waals surface area contributed by atoms with Crippen LogP contribution < -0.4 is 10.6 Å². The summed E-state index contributed by atoms with van der Waals surface area (Å²) in [5.41, 5.74) is -0.472. The van der Waals surface area contributed by atoms with Crippen LogP contribution in [0.5, 0.6) is 0 Å². The highest BCUT2D eigenvalue weighted by atomic mass is 19.4. The van der Waals surface area contributed by atoms with Gasteiger partial charge in [-0.2, -0.15) is 13.2 Å². The first-order valence-electron chi connectivity index (χ1n) is 9.12. The van der Waals surface area contributed by atoms with E-state index < -0.39 is 36.0 Å². The molecule has 0 bridgehead atoms. The van der Waals surface area contributed by atoms with E-state index >= 15 is 0 Å². The largest absolute Gasteiger partial charge is 0.439 e. The Bertz CT molecular complexity index is 866. The number of carbonyl (C=O) groups is 1. The second-order valence-corrected chi connectivity index (χ2v) is 7.35. The third-order valence-corrected chi connectivity index (χ3v) is 4.91. The average Bonchev–Trinajstić information content (AvgIpc) is 3.17. The van der Waals surface area contributed by atoms with Crippen molar-refractivity contribution in [1.82, 2.24) is 20.5 Å². The molecule has 2 aromatic rings. The van der Waals surface area contributed by atoms with Gasteiger partial charge < -0.3 is 15.1 Å². The number of oxazole rings is 1. The van der Waals surface area contributed by atoms with Gasteiger partial charge >= 0.3 is 6.18 Å². The molecule has 2 N–H and O–H groups in total. The summed E-state index contributed by atoms with van der Waals surface area (Å²) < 4.78 is 56.8. The van der Waals surface area contributed by atoms with Gasteiger partial charge in [0.25, 0.3) is 0 Å². The summed E-state index contributed by atoms with van der Waals surface area (Å²) in [5, 5.41) is 4.83. The van der Waals surface area contributed by atoms with Crippen LogP contribution in [0.1, 0.15) is 19.7 Å². The smallest absolute Gasteiger partial charge is 0.405 e. The predicted octanol–water partition coefficient (Wildman–Crippen LogP) is 2.67. The highest BCUT2D eigenvalue weighted by molar-refractivity contribution is 5.82. The summed E-state index contributed by atoms with van der Waals surface area (Å²) >= 11 is 0. The number of carbonyl (C=O) groups excluding carboxylic acids is 1. The van der Waals surface area contributed by atoms with Crippen molar-refractivity contribution >= 4 is 5.91 Å². The van der Waals surface area contributed by atoms with Gasteiger partial charge in [-0.05, 0) is 26.0 Å². The zero-order valence-corrected chi connectivity index (χ0v) is 16.0. The Morgan fingerprint density at radius 3 is 2.76 bits per heavy atom. The number of alkyl halides is 3. The molecule has 1 aromatic carbocycles. The number of aromatic nitrogens is 1. The van der Waals surface area contributed by atoms with Crippen LogP contribution in [-0.4, -0.2) is 54.2 Å². The maximum Gasteiger partial charge on any atom is 0.405 e. The van der Waals surface area contributed by atoms with Crippen LogP contribution in [0.25, 0.3) is 11.3 Å². The highest BCUT2D eigenvalue weighted by Gasteiger charge is 2.39. The molecule has 3 rings (SSSR count). The van der Waals surface area contributed by atoms with Crippen LogP contribution in [0.15, 0.2) is 34.9 Å². The SMILES string of the molecule is CC(C)(c1ncc(-c2ccccc2F)o1)N1CCN[C@H](C(=O)NCC(F)(F)F)C1. The number of hydrogen-bond donors (Lipinski definition) is 2.